The Bertz CT molecular complexity index is 1570. The van der Waals surface area contributed by atoms with Crippen LogP contribution in [0.4, 0.5) is 0 Å². The maximum atomic E-state index is 12.8. The van der Waals surface area contributed by atoms with Crippen molar-refractivity contribution in [1.29, 1.82) is 0 Å². The van der Waals surface area contributed by atoms with E-state index in [1.54, 1.807) is 24.4 Å². The topological polar surface area (TPSA) is 112 Å². The minimum atomic E-state index is -1.41. The van der Waals surface area contributed by atoms with Crippen molar-refractivity contribution in [2.75, 3.05) is 13.1 Å². The SMILES string of the molecule is Cc1sc2cc(Oc3ccnc4cc(C(=O)N5CCC5)sc34)ccc2c1C(=O)OC1(C(N)=O)C=C1. The maximum Gasteiger partial charge on any atom is 0.341 e. The standard InChI is InChI=1S/C25H19N3O5S2/c1-13-20(23(30)33-25(6-7-25)24(26)31)15-4-3-14(11-18(15)34-13)32-17-5-8-27-16-12-19(35-21(16)17)22(29)28-9-2-10-28/h3-8,11-12H,2,9-10H2,1H3,(H2,26,31). The fraction of sp³-hybridized carbons (Fsp3) is 0.200. The van der Waals surface area contributed by atoms with E-state index >= 15 is 0 Å². The number of esters is 1. The van der Waals surface area contributed by atoms with Gasteiger partial charge >= 0.3 is 5.97 Å². The summed E-state index contributed by atoms with van der Waals surface area (Å²) in [4.78, 5) is 44.7. The van der Waals surface area contributed by atoms with Gasteiger partial charge in [0, 0.05) is 40.3 Å². The molecular formula is C25H19N3O5S2. The first-order valence-corrected chi connectivity index (χ1v) is 12.6. The van der Waals surface area contributed by atoms with Crippen molar-refractivity contribution in [3.8, 4) is 11.5 Å². The number of hydrogen-bond acceptors (Lipinski definition) is 8. The van der Waals surface area contributed by atoms with Crippen molar-refractivity contribution in [1.82, 2.24) is 9.88 Å². The molecule has 0 unspecified atom stereocenters. The molecule has 1 aliphatic carbocycles. The minimum absolute atomic E-state index is 0.0274. The molecule has 176 valence electrons. The lowest BCUT2D eigenvalue weighted by molar-refractivity contribution is -0.127. The van der Waals surface area contributed by atoms with Gasteiger partial charge in [0.1, 0.15) is 11.5 Å². The number of rotatable bonds is 6. The lowest BCUT2D eigenvalue weighted by atomic mass is 10.1. The molecular weight excluding hydrogens is 486 g/mol. The number of nitrogens with zero attached hydrogens (tertiary/aromatic N) is 2. The van der Waals surface area contributed by atoms with Crippen molar-refractivity contribution >= 4 is 60.8 Å². The molecule has 8 nitrogen and oxygen atoms in total. The summed E-state index contributed by atoms with van der Waals surface area (Å²) in [5.41, 5.74) is 5.05. The van der Waals surface area contributed by atoms with E-state index < -0.39 is 17.5 Å². The summed E-state index contributed by atoms with van der Waals surface area (Å²) < 4.78 is 13.2. The van der Waals surface area contributed by atoms with Gasteiger partial charge < -0.3 is 20.1 Å². The van der Waals surface area contributed by atoms with Gasteiger partial charge in [0.15, 0.2) is 0 Å². The maximum absolute atomic E-state index is 12.8. The van der Waals surface area contributed by atoms with Crippen molar-refractivity contribution < 1.29 is 23.9 Å². The second kappa shape index (κ2) is 7.89. The number of likely N-dealkylation sites (tertiary alicyclic amines) is 1. The van der Waals surface area contributed by atoms with E-state index in [0.29, 0.717) is 32.8 Å². The van der Waals surface area contributed by atoms with Gasteiger partial charge in [0.05, 0.1) is 20.7 Å². The van der Waals surface area contributed by atoms with Crippen LogP contribution in [0.2, 0.25) is 0 Å². The Morgan fingerprint density at radius 1 is 1.11 bits per heavy atom. The van der Waals surface area contributed by atoms with E-state index in [1.165, 1.54) is 34.8 Å². The minimum Gasteiger partial charge on any atom is -0.456 e. The summed E-state index contributed by atoms with van der Waals surface area (Å²) in [5, 5.41) is 0.712. The van der Waals surface area contributed by atoms with Crippen molar-refractivity contribution in [2.24, 2.45) is 5.73 Å². The predicted molar refractivity (Wildman–Crippen MR) is 133 cm³/mol. The van der Waals surface area contributed by atoms with Gasteiger partial charge in [0.25, 0.3) is 11.8 Å². The molecule has 6 rings (SSSR count). The molecule has 0 saturated carbocycles. The Morgan fingerprint density at radius 3 is 2.60 bits per heavy atom. The molecule has 0 atom stereocenters. The normalized spacial score (nSPS) is 15.7. The number of aromatic nitrogens is 1. The van der Waals surface area contributed by atoms with Gasteiger partial charge in [-0.15, -0.1) is 22.7 Å². The number of aryl methyl sites for hydroxylation is 1. The molecule has 4 heterocycles. The Balaban J connectivity index is 1.28. The van der Waals surface area contributed by atoms with Gasteiger partial charge in [-0.3, -0.25) is 14.6 Å². The van der Waals surface area contributed by atoms with Crippen LogP contribution in [0.5, 0.6) is 11.5 Å². The first-order valence-electron chi connectivity index (χ1n) is 11.0. The van der Waals surface area contributed by atoms with Crippen LogP contribution in [-0.2, 0) is 9.53 Å². The molecule has 10 heteroatoms. The lowest BCUT2D eigenvalue weighted by Crippen LogP contribution is -2.41. The predicted octanol–water partition coefficient (Wildman–Crippen LogP) is 4.41. The number of thiophene rings is 2. The zero-order chi connectivity index (χ0) is 24.3. The Morgan fingerprint density at radius 2 is 1.91 bits per heavy atom. The van der Waals surface area contributed by atoms with Crippen molar-refractivity contribution in [3.05, 3.63) is 64.0 Å². The highest BCUT2D eigenvalue weighted by Crippen LogP contribution is 2.39. The van der Waals surface area contributed by atoms with Crippen LogP contribution in [0, 0.1) is 6.92 Å². The average molecular weight is 506 g/mol. The van der Waals surface area contributed by atoms with Crippen LogP contribution in [0.25, 0.3) is 20.3 Å². The molecule has 0 spiro atoms. The zero-order valence-electron chi connectivity index (χ0n) is 18.6. The number of carbonyl (C=O) groups is 3. The van der Waals surface area contributed by atoms with Gasteiger partial charge in [0.2, 0.25) is 5.60 Å². The number of amides is 2. The average Bonchev–Trinajstić information content (AvgIpc) is 3.30. The zero-order valence-corrected chi connectivity index (χ0v) is 20.2. The number of ether oxygens (including phenoxy) is 2. The van der Waals surface area contributed by atoms with E-state index in [1.807, 2.05) is 24.0 Å². The highest BCUT2D eigenvalue weighted by molar-refractivity contribution is 7.21. The second-order valence-corrected chi connectivity index (χ2v) is 10.8. The van der Waals surface area contributed by atoms with Crippen LogP contribution in [0.1, 0.15) is 31.3 Å². The van der Waals surface area contributed by atoms with E-state index in [0.717, 1.165) is 33.8 Å². The van der Waals surface area contributed by atoms with E-state index in [-0.39, 0.29) is 5.91 Å². The third kappa shape index (κ3) is 3.65. The highest BCUT2D eigenvalue weighted by atomic mass is 32.1. The van der Waals surface area contributed by atoms with Crippen LogP contribution < -0.4 is 10.5 Å². The molecule has 3 aromatic heterocycles. The summed E-state index contributed by atoms with van der Waals surface area (Å²) in [5.74, 6) is -0.0869. The number of benzene rings is 1. The van der Waals surface area contributed by atoms with Crippen LogP contribution in [0.3, 0.4) is 0 Å². The van der Waals surface area contributed by atoms with E-state index in [2.05, 4.69) is 4.98 Å². The molecule has 1 saturated heterocycles. The molecule has 35 heavy (non-hydrogen) atoms. The quantitative estimate of drug-likeness (QED) is 0.307. The largest absolute Gasteiger partial charge is 0.456 e. The van der Waals surface area contributed by atoms with Crippen LogP contribution in [0.15, 0.2) is 48.7 Å². The Kier molecular flexibility index (Phi) is 4.90. The number of primary amides is 1. The molecule has 0 bridgehead atoms. The third-order valence-electron chi connectivity index (χ3n) is 6.12. The fourth-order valence-electron chi connectivity index (χ4n) is 3.98. The van der Waals surface area contributed by atoms with Gasteiger partial charge in [-0.05, 0) is 49.8 Å². The molecule has 1 fully saturated rings. The number of pyridine rings is 1. The first kappa shape index (κ1) is 21.8. The first-order chi connectivity index (χ1) is 16.8. The summed E-state index contributed by atoms with van der Waals surface area (Å²) in [6.07, 6.45) is 5.62. The molecule has 2 amide bonds. The van der Waals surface area contributed by atoms with Crippen LogP contribution >= 0.6 is 22.7 Å². The Hall–Kier alpha value is -3.76. The van der Waals surface area contributed by atoms with E-state index in [4.69, 9.17) is 15.2 Å². The molecule has 1 aromatic carbocycles. The smallest absolute Gasteiger partial charge is 0.341 e. The number of carbonyl (C=O) groups excluding carboxylic acids is 3. The molecule has 1 aliphatic heterocycles. The summed E-state index contributed by atoms with van der Waals surface area (Å²) in [6, 6.07) is 9.01. The fourth-order valence-corrected chi connectivity index (χ4v) is 6.10. The Labute approximate surface area is 207 Å². The van der Waals surface area contributed by atoms with Crippen molar-refractivity contribution in [3.63, 3.8) is 0 Å². The molecule has 2 aliphatic rings. The van der Waals surface area contributed by atoms with Gasteiger partial charge in [-0.2, -0.15) is 0 Å². The number of nitrogens with two attached hydrogens (primary N) is 1. The summed E-state index contributed by atoms with van der Waals surface area (Å²) in [7, 11) is 0. The van der Waals surface area contributed by atoms with Crippen molar-refractivity contribution in [2.45, 2.75) is 18.9 Å². The third-order valence-corrected chi connectivity index (χ3v) is 8.31. The second-order valence-electron chi connectivity index (χ2n) is 8.45. The number of fused-ring (bicyclic) bond motifs is 2. The molecule has 4 aromatic rings. The monoisotopic (exact) mass is 505 g/mol. The molecule has 2 N–H and O–H groups in total. The van der Waals surface area contributed by atoms with Crippen LogP contribution in [-0.4, -0.2) is 46.4 Å². The lowest BCUT2D eigenvalue weighted by Gasteiger charge is -2.30. The highest BCUT2D eigenvalue weighted by Gasteiger charge is 2.45. The van der Waals surface area contributed by atoms with Gasteiger partial charge in [-0.1, -0.05) is 0 Å². The van der Waals surface area contributed by atoms with Gasteiger partial charge in [-0.25, -0.2) is 4.79 Å². The van der Waals surface area contributed by atoms with E-state index in [9.17, 15) is 14.4 Å². The summed E-state index contributed by atoms with van der Waals surface area (Å²) >= 11 is 2.81. The number of hydrogen-bond donors (Lipinski definition) is 1. The summed E-state index contributed by atoms with van der Waals surface area (Å²) in [6.45, 7) is 3.41. The molecule has 0 radical (unpaired) electrons.